The summed E-state index contributed by atoms with van der Waals surface area (Å²) in [5.41, 5.74) is 1.01. The van der Waals surface area contributed by atoms with Crippen molar-refractivity contribution in [3.8, 4) is 11.4 Å². The van der Waals surface area contributed by atoms with E-state index in [1.165, 1.54) is 24.4 Å². The predicted octanol–water partition coefficient (Wildman–Crippen LogP) is 5.91. The molecule has 0 saturated heterocycles. The van der Waals surface area contributed by atoms with Gasteiger partial charge in [0.15, 0.2) is 0 Å². The summed E-state index contributed by atoms with van der Waals surface area (Å²) in [4.78, 5) is 19.4. The fourth-order valence-electron chi connectivity index (χ4n) is 4.23. The first-order valence-corrected chi connectivity index (χ1v) is 11.7. The lowest BCUT2D eigenvalue weighted by Crippen LogP contribution is -2.16. The van der Waals surface area contributed by atoms with Crippen molar-refractivity contribution in [2.45, 2.75) is 19.1 Å². The van der Waals surface area contributed by atoms with Crippen LogP contribution in [0.3, 0.4) is 0 Å². The van der Waals surface area contributed by atoms with Crippen molar-refractivity contribution in [1.29, 1.82) is 0 Å². The molecule has 10 heteroatoms. The van der Waals surface area contributed by atoms with Crippen LogP contribution >= 0.6 is 0 Å². The van der Waals surface area contributed by atoms with Gasteiger partial charge in [-0.1, -0.05) is 47.6 Å². The first kappa shape index (κ1) is 25.2. The van der Waals surface area contributed by atoms with Gasteiger partial charge in [0.25, 0.3) is 0 Å². The molecular formula is C28H22F4N4O2. The summed E-state index contributed by atoms with van der Waals surface area (Å²) in [5, 5.41) is 4.07. The first-order valence-electron chi connectivity index (χ1n) is 11.7. The number of benzene rings is 3. The Morgan fingerprint density at radius 1 is 0.974 bits per heavy atom. The predicted molar refractivity (Wildman–Crippen MR) is 136 cm³/mol. The van der Waals surface area contributed by atoms with Gasteiger partial charge in [0.05, 0.1) is 28.8 Å². The topological polar surface area (TPSA) is 64.2 Å². The molecule has 0 atom stereocenters. The smallest absolute Gasteiger partial charge is 0.375 e. The molecule has 0 radical (unpaired) electrons. The van der Waals surface area contributed by atoms with Crippen LogP contribution in [-0.2, 0) is 19.1 Å². The zero-order chi connectivity index (χ0) is 27.0. The van der Waals surface area contributed by atoms with E-state index in [1.807, 2.05) is 30.3 Å². The van der Waals surface area contributed by atoms with Gasteiger partial charge in [0, 0.05) is 32.2 Å². The summed E-state index contributed by atoms with van der Waals surface area (Å²) in [6, 6.07) is 16.9. The van der Waals surface area contributed by atoms with Crippen LogP contribution in [-0.4, -0.2) is 28.8 Å². The summed E-state index contributed by atoms with van der Waals surface area (Å²) in [7, 11) is 3.34. The Balaban J connectivity index is 1.61. The Kier molecular flexibility index (Phi) is 6.48. The van der Waals surface area contributed by atoms with Crippen LogP contribution in [0.5, 0.6) is 0 Å². The second-order valence-electron chi connectivity index (χ2n) is 9.08. The molecule has 194 valence electrons. The molecule has 0 N–H and O–H groups in total. The Morgan fingerprint density at radius 3 is 2.34 bits per heavy atom. The van der Waals surface area contributed by atoms with E-state index in [0.717, 1.165) is 23.8 Å². The molecule has 0 fully saturated rings. The number of nitrogens with zero attached hydrogens (tertiary/aromatic N) is 4. The fraction of sp³-hybridized carbons (Fsp3) is 0.179. The molecule has 2 heterocycles. The minimum Gasteiger partial charge on any atom is -0.375 e. The van der Waals surface area contributed by atoms with Gasteiger partial charge in [-0.3, -0.25) is 4.79 Å². The number of rotatable bonds is 6. The average molecular weight is 523 g/mol. The van der Waals surface area contributed by atoms with E-state index in [9.17, 15) is 22.4 Å². The third-order valence-electron chi connectivity index (χ3n) is 6.17. The largest absolute Gasteiger partial charge is 0.416 e. The summed E-state index contributed by atoms with van der Waals surface area (Å²) < 4.78 is 61.0. The van der Waals surface area contributed by atoms with Crippen molar-refractivity contribution in [3.63, 3.8) is 0 Å². The van der Waals surface area contributed by atoms with Crippen LogP contribution < -0.4 is 10.3 Å². The Labute approximate surface area is 214 Å². The van der Waals surface area contributed by atoms with E-state index in [2.05, 4.69) is 10.1 Å². The Hall–Kier alpha value is -4.47. The van der Waals surface area contributed by atoms with Crippen LogP contribution in [0.15, 0.2) is 82.2 Å². The molecule has 5 rings (SSSR count). The molecule has 2 aromatic heterocycles. The molecule has 6 nitrogen and oxygen atoms in total. The Morgan fingerprint density at radius 2 is 1.68 bits per heavy atom. The van der Waals surface area contributed by atoms with Crippen LogP contribution in [0.25, 0.3) is 22.3 Å². The quantitative estimate of drug-likeness (QED) is 0.259. The van der Waals surface area contributed by atoms with E-state index < -0.39 is 23.0 Å². The number of hydrogen-bond donors (Lipinski definition) is 0. The molecule has 3 aromatic carbocycles. The SMILES string of the molecule is CN(C)c1cc2c(cc1F)c(=O)c(-c1noc(Cc3ccccc3)n1)cn2Cc1ccc(C(F)(F)F)cc1. The van der Waals surface area contributed by atoms with E-state index >= 15 is 0 Å². The van der Waals surface area contributed by atoms with Gasteiger partial charge < -0.3 is 14.0 Å². The minimum atomic E-state index is -4.45. The summed E-state index contributed by atoms with van der Waals surface area (Å²) in [6.45, 7) is 0.120. The zero-order valence-electron chi connectivity index (χ0n) is 20.5. The van der Waals surface area contributed by atoms with Crippen molar-refractivity contribution in [3.05, 3.63) is 112 Å². The summed E-state index contributed by atoms with van der Waals surface area (Å²) in [5.74, 6) is -0.245. The van der Waals surface area contributed by atoms with Crippen LogP contribution in [0.1, 0.15) is 22.6 Å². The number of halogens is 4. The highest BCUT2D eigenvalue weighted by molar-refractivity contribution is 5.86. The monoisotopic (exact) mass is 522 g/mol. The Bertz CT molecular complexity index is 1660. The van der Waals surface area contributed by atoms with Crippen molar-refractivity contribution >= 4 is 16.6 Å². The molecule has 0 unspecified atom stereocenters. The molecular weight excluding hydrogens is 500 g/mol. The normalized spacial score (nSPS) is 11.7. The lowest BCUT2D eigenvalue weighted by Gasteiger charge is -2.18. The third kappa shape index (κ3) is 5.02. The van der Waals surface area contributed by atoms with Crippen molar-refractivity contribution in [2.75, 3.05) is 19.0 Å². The maximum atomic E-state index is 14.9. The molecule has 0 saturated carbocycles. The second kappa shape index (κ2) is 9.77. The number of fused-ring (bicyclic) bond motifs is 1. The molecule has 38 heavy (non-hydrogen) atoms. The highest BCUT2D eigenvalue weighted by Crippen LogP contribution is 2.30. The number of alkyl halides is 3. The standard InChI is InChI=1S/C28H22F4N4O2/c1-35(2)24-14-23-20(13-22(24)29)26(37)21(27-33-25(38-34-27)12-17-6-4-3-5-7-17)16-36(23)15-18-8-10-19(11-9-18)28(30,31)32/h3-11,13-14,16H,12,15H2,1-2H3. The van der Waals surface area contributed by atoms with Crippen LogP contribution in [0.4, 0.5) is 23.2 Å². The summed E-state index contributed by atoms with van der Waals surface area (Å²) >= 11 is 0. The van der Waals surface area contributed by atoms with E-state index in [1.54, 1.807) is 23.6 Å². The van der Waals surface area contributed by atoms with Crippen molar-refractivity contribution in [1.82, 2.24) is 14.7 Å². The number of aromatic nitrogens is 3. The van der Waals surface area contributed by atoms with Gasteiger partial charge in [-0.15, -0.1) is 0 Å². The molecule has 0 spiro atoms. The number of anilines is 1. The highest BCUT2D eigenvalue weighted by Gasteiger charge is 2.30. The van der Waals surface area contributed by atoms with E-state index in [0.29, 0.717) is 23.4 Å². The molecule has 5 aromatic rings. The minimum absolute atomic E-state index is 0.0427. The lowest BCUT2D eigenvalue weighted by molar-refractivity contribution is -0.137. The second-order valence-corrected chi connectivity index (χ2v) is 9.08. The van der Waals surface area contributed by atoms with E-state index in [4.69, 9.17) is 4.52 Å². The van der Waals surface area contributed by atoms with Crippen molar-refractivity contribution < 1.29 is 22.1 Å². The zero-order valence-corrected chi connectivity index (χ0v) is 20.5. The van der Waals surface area contributed by atoms with E-state index in [-0.39, 0.29) is 29.0 Å². The van der Waals surface area contributed by atoms with Gasteiger partial charge >= 0.3 is 6.18 Å². The van der Waals surface area contributed by atoms with Crippen LogP contribution in [0, 0.1) is 5.82 Å². The lowest BCUT2D eigenvalue weighted by atomic mass is 10.1. The van der Waals surface area contributed by atoms with Crippen molar-refractivity contribution in [2.24, 2.45) is 0 Å². The summed E-state index contributed by atoms with van der Waals surface area (Å²) in [6.07, 6.45) is -2.57. The maximum absolute atomic E-state index is 14.9. The van der Waals surface area contributed by atoms with Gasteiger partial charge in [0.1, 0.15) is 5.82 Å². The maximum Gasteiger partial charge on any atom is 0.416 e. The third-order valence-corrected chi connectivity index (χ3v) is 6.17. The number of pyridine rings is 1. The molecule has 0 amide bonds. The fourth-order valence-corrected chi connectivity index (χ4v) is 4.23. The van der Waals surface area contributed by atoms with Crippen LogP contribution in [0.2, 0.25) is 0 Å². The molecule has 0 aliphatic rings. The van der Waals surface area contributed by atoms with Gasteiger partial charge in [0.2, 0.25) is 17.1 Å². The molecule has 0 aliphatic heterocycles. The molecule has 0 aliphatic carbocycles. The van der Waals surface area contributed by atoms with Gasteiger partial charge in [-0.2, -0.15) is 18.2 Å². The highest BCUT2D eigenvalue weighted by atomic mass is 19.4. The van der Waals surface area contributed by atoms with Gasteiger partial charge in [-0.25, -0.2) is 4.39 Å². The first-order chi connectivity index (χ1) is 18.1. The van der Waals surface area contributed by atoms with Gasteiger partial charge in [-0.05, 0) is 35.4 Å². The number of hydrogen-bond acceptors (Lipinski definition) is 5. The molecule has 0 bridgehead atoms. The average Bonchev–Trinajstić information content (AvgIpc) is 3.34.